The Kier molecular flexibility index (Phi) is 5.99. The van der Waals surface area contributed by atoms with E-state index in [2.05, 4.69) is 10.4 Å². The van der Waals surface area contributed by atoms with Gasteiger partial charge in [0.2, 0.25) is 5.91 Å². The second-order valence-corrected chi connectivity index (χ2v) is 8.44. The van der Waals surface area contributed by atoms with Gasteiger partial charge < -0.3 is 5.32 Å². The van der Waals surface area contributed by atoms with Crippen LogP contribution in [0, 0.1) is 5.92 Å². The fourth-order valence-corrected chi connectivity index (χ4v) is 3.35. The van der Waals surface area contributed by atoms with Crippen molar-refractivity contribution in [3.05, 3.63) is 12.3 Å². The summed E-state index contributed by atoms with van der Waals surface area (Å²) in [6.07, 6.45) is 10.7. The molecule has 7 heteroatoms. The molecule has 0 saturated heterocycles. The van der Waals surface area contributed by atoms with Crippen molar-refractivity contribution in [3.8, 4) is 0 Å². The molecular formula is C15H25N3O3S. The summed E-state index contributed by atoms with van der Waals surface area (Å²) in [5.74, 6) is 1.21. The second kappa shape index (κ2) is 7.76. The van der Waals surface area contributed by atoms with Gasteiger partial charge in [-0.25, -0.2) is 8.42 Å². The largest absolute Gasteiger partial charge is 0.309 e. The Morgan fingerprint density at radius 3 is 2.77 bits per heavy atom. The molecule has 0 unspecified atom stereocenters. The van der Waals surface area contributed by atoms with Crippen LogP contribution in [0.5, 0.6) is 0 Å². The summed E-state index contributed by atoms with van der Waals surface area (Å²) in [5, 5.41) is 6.95. The summed E-state index contributed by atoms with van der Waals surface area (Å²) in [5.41, 5.74) is 0. The molecule has 1 saturated carbocycles. The van der Waals surface area contributed by atoms with Crippen molar-refractivity contribution in [3.63, 3.8) is 0 Å². The highest BCUT2D eigenvalue weighted by Crippen LogP contribution is 2.27. The number of nitrogens with one attached hydrogen (secondary N) is 1. The van der Waals surface area contributed by atoms with Crippen LogP contribution in [0.1, 0.15) is 44.9 Å². The quantitative estimate of drug-likeness (QED) is 0.832. The molecule has 1 aromatic heterocycles. The second-order valence-electron chi connectivity index (χ2n) is 6.18. The van der Waals surface area contributed by atoms with E-state index in [1.54, 1.807) is 12.3 Å². The third kappa shape index (κ3) is 6.17. The maximum atomic E-state index is 11.9. The summed E-state index contributed by atoms with van der Waals surface area (Å²) >= 11 is 0. The fourth-order valence-electron chi connectivity index (χ4n) is 2.83. The van der Waals surface area contributed by atoms with Gasteiger partial charge in [0.15, 0.2) is 5.82 Å². The molecule has 0 atom stereocenters. The molecule has 6 nitrogen and oxygen atoms in total. The van der Waals surface area contributed by atoms with Crippen LogP contribution in [0.15, 0.2) is 12.3 Å². The highest BCUT2D eigenvalue weighted by atomic mass is 32.2. The first-order chi connectivity index (χ1) is 10.4. The number of sulfone groups is 1. The maximum Gasteiger partial charge on any atom is 0.225 e. The first kappa shape index (κ1) is 17.0. The van der Waals surface area contributed by atoms with Gasteiger partial charge in [-0.2, -0.15) is 5.10 Å². The number of rotatable bonds is 7. The first-order valence-electron chi connectivity index (χ1n) is 7.93. The maximum absolute atomic E-state index is 11.9. The van der Waals surface area contributed by atoms with Gasteiger partial charge in [-0.15, -0.1) is 0 Å². The van der Waals surface area contributed by atoms with Crippen LogP contribution < -0.4 is 5.32 Å². The lowest BCUT2D eigenvalue weighted by Gasteiger charge is -2.20. The average Bonchev–Trinajstić information content (AvgIpc) is 2.91. The van der Waals surface area contributed by atoms with E-state index in [0.29, 0.717) is 24.7 Å². The molecule has 124 valence electrons. The number of anilines is 1. The minimum Gasteiger partial charge on any atom is -0.309 e. The van der Waals surface area contributed by atoms with Gasteiger partial charge in [0.1, 0.15) is 9.84 Å². The predicted molar refractivity (Wildman–Crippen MR) is 86.4 cm³/mol. The summed E-state index contributed by atoms with van der Waals surface area (Å²) in [6, 6.07) is 1.70. The van der Waals surface area contributed by atoms with Crippen molar-refractivity contribution in [2.24, 2.45) is 5.92 Å². The third-order valence-electron chi connectivity index (χ3n) is 4.10. The first-order valence-corrected chi connectivity index (χ1v) is 9.99. The third-order valence-corrected chi connectivity index (χ3v) is 5.03. The van der Waals surface area contributed by atoms with E-state index in [1.807, 2.05) is 0 Å². The average molecular weight is 327 g/mol. The normalized spacial score (nSPS) is 16.6. The number of hydrogen-bond acceptors (Lipinski definition) is 4. The van der Waals surface area contributed by atoms with Crippen molar-refractivity contribution in [2.75, 3.05) is 17.3 Å². The summed E-state index contributed by atoms with van der Waals surface area (Å²) in [4.78, 5) is 11.9. The van der Waals surface area contributed by atoms with E-state index in [9.17, 15) is 13.2 Å². The molecule has 1 amide bonds. The van der Waals surface area contributed by atoms with Crippen molar-refractivity contribution in [2.45, 2.75) is 51.5 Å². The van der Waals surface area contributed by atoms with E-state index >= 15 is 0 Å². The highest BCUT2D eigenvalue weighted by molar-refractivity contribution is 7.90. The van der Waals surface area contributed by atoms with Gasteiger partial charge in [0.05, 0.1) is 12.3 Å². The van der Waals surface area contributed by atoms with Crippen LogP contribution in [-0.2, 0) is 21.2 Å². The van der Waals surface area contributed by atoms with E-state index in [4.69, 9.17) is 0 Å². The lowest BCUT2D eigenvalue weighted by molar-refractivity contribution is -0.116. The van der Waals surface area contributed by atoms with E-state index in [1.165, 1.54) is 43.0 Å². The van der Waals surface area contributed by atoms with Crippen molar-refractivity contribution >= 4 is 21.6 Å². The Hall–Kier alpha value is -1.37. The van der Waals surface area contributed by atoms with E-state index in [-0.39, 0.29) is 11.7 Å². The molecule has 1 aliphatic carbocycles. The zero-order valence-corrected chi connectivity index (χ0v) is 13.9. The minimum absolute atomic E-state index is 0.0149. The molecule has 22 heavy (non-hydrogen) atoms. The highest BCUT2D eigenvalue weighted by Gasteiger charge is 2.15. The number of amides is 1. The smallest absolute Gasteiger partial charge is 0.225 e. The van der Waals surface area contributed by atoms with Crippen molar-refractivity contribution in [1.82, 2.24) is 9.78 Å². The van der Waals surface area contributed by atoms with Gasteiger partial charge in [-0.05, 0) is 12.3 Å². The molecule has 0 radical (unpaired) electrons. The van der Waals surface area contributed by atoms with E-state index in [0.717, 1.165) is 6.42 Å². The lowest BCUT2D eigenvalue weighted by atomic mass is 9.86. The molecule has 1 N–H and O–H groups in total. The predicted octanol–water partition coefficient (Wildman–Crippen LogP) is 2.23. The van der Waals surface area contributed by atoms with Crippen LogP contribution in [0.4, 0.5) is 5.82 Å². The molecule has 1 heterocycles. The standard InChI is InChI=1S/C15H25N3O3S/c1-22(20,21)12-11-18-10-9-14(17-18)16-15(19)8-7-13-5-3-2-4-6-13/h9-10,13H,2-8,11-12H2,1H3,(H,16,17,19). The minimum atomic E-state index is -3.01. The molecule has 0 aliphatic heterocycles. The molecule has 1 fully saturated rings. The number of aryl methyl sites for hydroxylation is 1. The van der Waals surface area contributed by atoms with Gasteiger partial charge in [0, 0.05) is 24.9 Å². The topological polar surface area (TPSA) is 81.1 Å². The molecule has 0 bridgehead atoms. The number of carbonyl (C=O) groups excluding carboxylic acids is 1. The Morgan fingerprint density at radius 1 is 1.36 bits per heavy atom. The Balaban J connectivity index is 1.73. The molecule has 1 aliphatic rings. The molecule has 0 aromatic carbocycles. The Labute approximate surface area is 132 Å². The van der Waals surface area contributed by atoms with E-state index < -0.39 is 9.84 Å². The zero-order valence-electron chi connectivity index (χ0n) is 13.1. The fraction of sp³-hybridized carbons (Fsp3) is 0.733. The summed E-state index contributed by atoms with van der Waals surface area (Å²) in [7, 11) is -3.01. The van der Waals surface area contributed by atoms with Crippen LogP contribution in [0.25, 0.3) is 0 Å². The van der Waals surface area contributed by atoms with Gasteiger partial charge in [0.25, 0.3) is 0 Å². The SMILES string of the molecule is CS(=O)(=O)CCn1ccc(NC(=O)CCC2CCCCC2)n1. The summed E-state index contributed by atoms with van der Waals surface area (Å²) < 4.78 is 23.8. The number of carbonyl (C=O) groups is 1. The summed E-state index contributed by atoms with van der Waals surface area (Å²) in [6.45, 7) is 0.302. The van der Waals surface area contributed by atoms with Crippen LogP contribution in [0.3, 0.4) is 0 Å². The molecular weight excluding hydrogens is 302 g/mol. The Bertz CT molecular complexity index is 589. The molecule has 2 rings (SSSR count). The number of aromatic nitrogens is 2. The van der Waals surface area contributed by atoms with Crippen LogP contribution in [0.2, 0.25) is 0 Å². The zero-order chi connectivity index (χ0) is 16.0. The molecule has 0 spiro atoms. The van der Waals surface area contributed by atoms with Gasteiger partial charge in [-0.1, -0.05) is 32.1 Å². The van der Waals surface area contributed by atoms with Gasteiger partial charge >= 0.3 is 0 Å². The van der Waals surface area contributed by atoms with Gasteiger partial charge in [-0.3, -0.25) is 9.48 Å². The van der Waals surface area contributed by atoms with Crippen LogP contribution >= 0.6 is 0 Å². The number of hydrogen-bond donors (Lipinski definition) is 1. The molecule has 1 aromatic rings. The Morgan fingerprint density at radius 2 is 2.09 bits per heavy atom. The van der Waals surface area contributed by atoms with Crippen LogP contribution in [-0.4, -0.2) is 36.1 Å². The number of nitrogens with zero attached hydrogens (tertiary/aromatic N) is 2. The van der Waals surface area contributed by atoms with Crippen molar-refractivity contribution in [1.29, 1.82) is 0 Å². The lowest BCUT2D eigenvalue weighted by Crippen LogP contribution is -2.16. The van der Waals surface area contributed by atoms with Crippen molar-refractivity contribution < 1.29 is 13.2 Å². The monoisotopic (exact) mass is 327 g/mol.